The lowest BCUT2D eigenvalue weighted by molar-refractivity contribution is 0.955. The lowest BCUT2D eigenvalue weighted by Gasteiger charge is -2.09. The largest absolute Gasteiger partial charge is 0.383 e. The Morgan fingerprint density at radius 3 is 2.22 bits per heavy atom. The number of nitrogens with two attached hydrogens (primary N) is 2. The molecule has 0 spiro atoms. The maximum absolute atomic E-state index is 5.96. The molecule has 0 radical (unpaired) electrons. The van der Waals surface area contributed by atoms with E-state index in [1.54, 1.807) is 0 Å². The fourth-order valence-corrected chi connectivity index (χ4v) is 2.26. The number of hydrogen-bond acceptors (Lipinski definition) is 5. The summed E-state index contributed by atoms with van der Waals surface area (Å²) in [6.07, 6.45) is 0.662. The van der Waals surface area contributed by atoms with E-state index >= 15 is 0 Å². The quantitative estimate of drug-likeness (QED) is 0.651. The van der Waals surface area contributed by atoms with E-state index < -0.39 is 0 Å². The van der Waals surface area contributed by atoms with Crippen LogP contribution in [0, 0.1) is 0 Å². The first kappa shape index (κ1) is 12.7. The zero-order chi connectivity index (χ0) is 13.0. The molecule has 0 aliphatic rings. The Morgan fingerprint density at radius 2 is 1.67 bits per heavy atom. The highest BCUT2D eigenvalue weighted by Gasteiger charge is 2.10. The minimum atomic E-state index is 0.474. The first-order valence-corrected chi connectivity index (χ1v) is 6.78. The predicted octanol–water partition coefficient (Wildman–Crippen LogP) is 2.34. The zero-order valence-electron chi connectivity index (χ0n) is 10.3. The number of rotatable bonds is 4. The number of nitrogens with zero attached hydrogens (tertiary/aromatic N) is 2. The van der Waals surface area contributed by atoms with Gasteiger partial charge in [0.2, 0.25) is 0 Å². The molecule has 18 heavy (non-hydrogen) atoms. The second kappa shape index (κ2) is 5.73. The van der Waals surface area contributed by atoms with Crippen LogP contribution in [-0.4, -0.2) is 15.7 Å². The molecule has 94 valence electrons. The summed E-state index contributed by atoms with van der Waals surface area (Å²) in [5, 5.41) is 0.643. The van der Waals surface area contributed by atoms with Crippen LogP contribution in [0.5, 0.6) is 0 Å². The van der Waals surface area contributed by atoms with Crippen LogP contribution in [0.15, 0.2) is 35.5 Å². The fraction of sp³-hybridized carbons (Fsp3) is 0.231. The molecular weight excluding hydrogens is 244 g/mol. The van der Waals surface area contributed by atoms with E-state index in [1.165, 1.54) is 11.8 Å². The monoisotopic (exact) mass is 260 g/mol. The number of hydrogen-bond donors (Lipinski definition) is 2. The van der Waals surface area contributed by atoms with E-state index in [0.29, 0.717) is 23.2 Å². The van der Waals surface area contributed by atoms with Gasteiger partial charge in [-0.2, -0.15) is 0 Å². The Hall–Kier alpha value is -1.75. The third kappa shape index (κ3) is 2.92. The lowest BCUT2D eigenvalue weighted by atomic mass is 10.1. The number of thioether (sulfide) groups is 1. The van der Waals surface area contributed by atoms with Crippen molar-refractivity contribution in [1.29, 1.82) is 0 Å². The second-order valence-corrected chi connectivity index (χ2v) is 5.08. The van der Waals surface area contributed by atoms with Gasteiger partial charge in [-0.3, -0.25) is 0 Å². The number of benzene rings is 1. The minimum Gasteiger partial charge on any atom is -0.383 e. The standard InChI is InChI=1S/C13H16N4S/c1-2-18-13-16-11(14)10(12(15)17-13)8-9-6-4-3-5-7-9/h3-7H,2,8H2,1H3,(H4,14,15,16,17). The molecule has 0 atom stereocenters. The molecule has 0 aliphatic carbocycles. The van der Waals surface area contributed by atoms with Gasteiger partial charge in [0.1, 0.15) is 11.6 Å². The Kier molecular flexibility index (Phi) is 4.04. The normalized spacial score (nSPS) is 10.5. The van der Waals surface area contributed by atoms with Gasteiger partial charge in [-0.1, -0.05) is 49.0 Å². The molecule has 5 heteroatoms. The molecule has 1 aromatic carbocycles. The highest BCUT2D eigenvalue weighted by molar-refractivity contribution is 7.99. The highest BCUT2D eigenvalue weighted by Crippen LogP contribution is 2.23. The van der Waals surface area contributed by atoms with Gasteiger partial charge in [0, 0.05) is 12.0 Å². The third-order valence-corrected chi connectivity index (χ3v) is 3.28. The summed E-state index contributed by atoms with van der Waals surface area (Å²) < 4.78 is 0. The summed E-state index contributed by atoms with van der Waals surface area (Å²) >= 11 is 1.54. The molecule has 0 saturated heterocycles. The fourth-order valence-electron chi connectivity index (χ4n) is 1.67. The Morgan fingerprint density at radius 1 is 1.06 bits per heavy atom. The molecule has 1 heterocycles. The zero-order valence-corrected chi connectivity index (χ0v) is 11.1. The summed E-state index contributed by atoms with van der Waals surface area (Å²) in [6.45, 7) is 2.04. The van der Waals surface area contributed by atoms with Gasteiger partial charge in [0.25, 0.3) is 0 Å². The lowest BCUT2D eigenvalue weighted by Crippen LogP contribution is -2.07. The number of aromatic nitrogens is 2. The summed E-state index contributed by atoms with van der Waals surface area (Å²) in [7, 11) is 0. The van der Waals surface area contributed by atoms with E-state index in [-0.39, 0.29) is 0 Å². The number of anilines is 2. The summed E-state index contributed by atoms with van der Waals surface area (Å²) in [4.78, 5) is 8.54. The van der Waals surface area contributed by atoms with Crippen molar-refractivity contribution in [3.63, 3.8) is 0 Å². The molecule has 0 aliphatic heterocycles. The molecule has 2 rings (SSSR count). The van der Waals surface area contributed by atoms with Gasteiger partial charge in [-0.25, -0.2) is 9.97 Å². The maximum Gasteiger partial charge on any atom is 0.191 e. The van der Waals surface area contributed by atoms with Gasteiger partial charge >= 0.3 is 0 Å². The van der Waals surface area contributed by atoms with Crippen LogP contribution in [-0.2, 0) is 6.42 Å². The molecule has 0 unspecified atom stereocenters. The van der Waals surface area contributed by atoms with Crippen LogP contribution in [0.2, 0.25) is 0 Å². The van der Waals surface area contributed by atoms with E-state index in [2.05, 4.69) is 9.97 Å². The van der Waals surface area contributed by atoms with Crippen molar-refractivity contribution < 1.29 is 0 Å². The van der Waals surface area contributed by atoms with E-state index in [0.717, 1.165) is 16.9 Å². The van der Waals surface area contributed by atoms with Crippen molar-refractivity contribution in [2.45, 2.75) is 18.5 Å². The molecule has 2 aromatic rings. The van der Waals surface area contributed by atoms with Crippen LogP contribution in [0.4, 0.5) is 11.6 Å². The first-order valence-electron chi connectivity index (χ1n) is 5.79. The van der Waals surface area contributed by atoms with E-state index in [9.17, 15) is 0 Å². The summed E-state index contributed by atoms with van der Waals surface area (Å²) in [6, 6.07) is 10.0. The van der Waals surface area contributed by atoms with Crippen LogP contribution in [0.1, 0.15) is 18.1 Å². The molecule has 0 amide bonds. The van der Waals surface area contributed by atoms with Crippen LogP contribution < -0.4 is 11.5 Å². The van der Waals surface area contributed by atoms with Crippen molar-refractivity contribution in [2.75, 3.05) is 17.2 Å². The summed E-state index contributed by atoms with van der Waals surface area (Å²) in [5.41, 5.74) is 13.9. The minimum absolute atomic E-state index is 0.474. The number of nitrogen functional groups attached to an aromatic ring is 2. The molecule has 0 saturated carbocycles. The first-order chi connectivity index (χ1) is 8.70. The van der Waals surface area contributed by atoms with Gasteiger partial charge in [0.15, 0.2) is 5.16 Å². The Balaban J connectivity index is 2.28. The third-order valence-electron chi connectivity index (χ3n) is 2.55. The van der Waals surface area contributed by atoms with Gasteiger partial charge in [-0.05, 0) is 11.3 Å². The Bertz CT molecular complexity index is 505. The summed E-state index contributed by atoms with van der Waals surface area (Å²) in [5.74, 6) is 1.85. The van der Waals surface area contributed by atoms with Crippen molar-refractivity contribution in [2.24, 2.45) is 0 Å². The second-order valence-electron chi connectivity index (χ2n) is 3.85. The van der Waals surface area contributed by atoms with Crippen molar-refractivity contribution in [1.82, 2.24) is 9.97 Å². The van der Waals surface area contributed by atoms with Crippen molar-refractivity contribution in [3.05, 3.63) is 41.5 Å². The SMILES string of the molecule is CCSc1nc(N)c(Cc2ccccc2)c(N)n1. The smallest absolute Gasteiger partial charge is 0.191 e. The average Bonchev–Trinajstić information content (AvgIpc) is 2.36. The molecular formula is C13H16N4S. The average molecular weight is 260 g/mol. The molecule has 0 bridgehead atoms. The van der Waals surface area contributed by atoms with Crippen LogP contribution in [0.3, 0.4) is 0 Å². The van der Waals surface area contributed by atoms with Gasteiger partial charge < -0.3 is 11.5 Å². The molecule has 4 nitrogen and oxygen atoms in total. The maximum atomic E-state index is 5.96. The van der Waals surface area contributed by atoms with Gasteiger partial charge in [-0.15, -0.1) is 0 Å². The molecule has 1 aromatic heterocycles. The Labute approximate surface area is 111 Å². The predicted molar refractivity (Wildman–Crippen MR) is 76.5 cm³/mol. The van der Waals surface area contributed by atoms with Crippen LogP contribution in [0.25, 0.3) is 0 Å². The van der Waals surface area contributed by atoms with Gasteiger partial charge in [0.05, 0.1) is 0 Å². The van der Waals surface area contributed by atoms with Crippen molar-refractivity contribution in [3.8, 4) is 0 Å². The van der Waals surface area contributed by atoms with E-state index in [4.69, 9.17) is 11.5 Å². The molecule has 0 fully saturated rings. The van der Waals surface area contributed by atoms with Crippen molar-refractivity contribution >= 4 is 23.4 Å². The topological polar surface area (TPSA) is 77.8 Å². The molecule has 4 N–H and O–H groups in total. The van der Waals surface area contributed by atoms with E-state index in [1.807, 2.05) is 37.3 Å². The highest BCUT2D eigenvalue weighted by atomic mass is 32.2. The van der Waals surface area contributed by atoms with Crippen LogP contribution >= 0.6 is 11.8 Å².